The van der Waals surface area contributed by atoms with Crippen LogP contribution in [0.2, 0.25) is 0 Å². The zero-order valence-corrected chi connectivity index (χ0v) is 12.2. The van der Waals surface area contributed by atoms with Crippen molar-refractivity contribution in [2.24, 2.45) is 0 Å². The zero-order valence-electron chi connectivity index (χ0n) is 12.2. The van der Waals surface area contributed by atoms with Crippen molar-refractivity contribution in [1.82, 2.24) is 10.3 Å². The van der Waals surface area contributed by atoms with Gasteiger partial charge < -0.3 is 19.5 Å². The first-order chi connectivity index (χ1) is 10.3. The lowest BCUT2D eigenvalue weighted by atomic mass is 10.1. The molecule has 0 radical (unpaired) electrons. The molecule has 5 nitrogen and oxygen atoms in total. The van der Waals surface area contributed by atoms with Gasteiger partial charge in [0.25, 0.3) is 0 Å². The second-order valence-corrected chi connectivity index (χ2v) is 5.00. The van der Waals surface area contributed by atoms with Gasteiger partial charge in [-0.25, -0.2) is 0 Å². The molecule has 2 aromatic rings. The lowest BCUT2D eigenvalue weighted by Crippen LogP contribution is -2.08. The molecule has 0 fully saturated rings. The summed E-state index contributed by atoms with van der Waals surface area (Å²) in [5.74, 6) is 2.30. The largest absolute Gasteiger partial charge is 0.488 e. The molecule has 1 aliphatic rings. The van der Waals surface area contributed by atoms with Crippen molar-refractivity contribution in [2.45, 2.75) is 20.1 Å². The van der Waals surface area contributed by atoms with Gasteiger partial charge in [0.1, 0.15) is 12.4 Å². The zero-order chi connectivity index (χ0) is 14.7. The highest BCUT2D eigenvalue weighted by Gasteiger charge is 2.17. The Morgan fingerprint density at radius 3 is 2.76 bits per heavy atom. The smallest absolute Gasteiger partial charge is 0.231 e. The molecule has 2 heterocycles. The van der Waals surface area contributed by atoms with Crippen molar-refractivity contribution in [3.8, 4) is 17.2 Å². The topological polar surface area (TPSA) is 52.6 Å². The fraction of sp³-hybridized carbons (Fsp3) is 0.312. The molecule has 110 valence electrons. The third-order valence-corrected chi connectivity index (χ3v) is 3.25. The molecule has 0 saturated heterocycles. The van der Waals surface area contributed by atoms with E-state index in [9.17, 15) is 0 Å². The minimum atomic E-state index is 0.263. The van der Waals surface area contributed by atoms with Gasteiger partial charge in [-0.1, -0.05) is 0 Å². The summed E-state index contributed by atoms with van der Waals surface area (Å²) in [6, 6.07) is 5.92. The fourth-order valence-corrected chi connectivity index (χ4v) is 2.29. The molecule has 0 amide bonds. The average Bonchev–Trinajstić information content (AvgIpc) is 2.92. The van der Waals surface area contributed by atoms with E-state index in [1.54, 1.807) is 0 Å². The van der Waals surface area contributed by atoms with E-state index in [1.165, 1.54) is 0 Å². The molecule has 1 N–H and O–H groups in total. The number of rotatable bonds is 5. The van der Waals surface area contributed by atoms with E-state index in [-0.39, 0.29) is 6.79 Å². The molecule has 1 aromatic heterocycles. The molecule has 0 atom stereocenters. The first-order valence-electron chi connectivity index (χ1n) is 6.86. The maximum Gasteiger partial charge on any atom is 0.231 e. The summed E-state index contributed by atoms with van der Waals surface area (Å²) >= 11 is 0. The van der Waals surface area contributed by atoms with Gasteiger partial charge in [-0.15, -0.1) is 0 Å². The molecule has 1 aromatic carbocycles. The molecule has 1 aliphatic heterocycles. The van der Waals surface area contributed by atoms with Crippen LogP contribution in [-0.2, 0) is 13.2 Å². The van der Waals surface area contributed by atoms with Gasteiger partial charge in [0, 0.05) is 36.1 Å². The number of hydrogen-bond acceptors (Lipinski definition) is 5. The van der Waals surface area contributed by atoms with Crippen LogP contribution in [0.4, 0.5) is 0 Å². The van der Waals surface area contributed by atoms with Gasteiger partial charge in [0.15, 0.2) is 11.5 Å². The highest BCUT2D eigenvalue weighted by molar-refractivity contribution is 5.51. The number of nitrogens with zero attached hydrogens (tertiary/aromatic N) is 1. The van der Waals surface area contributed by atoms with Crippen LogP contribution in [0.25, 0.3) is 0 Å². The molecule has 21 heavy (non-hydrogen) atoms. The summed E-state index contributed by atoms with van der Waals surface area (Å²) in [5, 5.41) is 3.13. The molecular weight excluding hydrogens is 268 g/mol. The summed E-state index contributed by atoms with van der Waals surface area (Å²) in [4.78, 5) is 4.18. The predicted octanol–water partition coefficient (Wildman–Crippen LogP) is 2.42. The maximum atomic E-state index is 5.94. The fourth-order valence-electron chi connectivity index (χ4n) is 2.29. The lowest BCUT2D eigenvalue weighted by molar-refractivity contribution is 0.173. The van der Waals surface area contributed by atoms with Crippen LogP contribution in [-0.4, -0.2) is 18.8 Å². The number of benzene rings is 1. The number of fused-ring (bicyclic) bond motifs is 1. The second kappa shape index (κ2) is 6.01. The highest BCUT2D eigenvalue weighted by atomic mass is 16.7. The quantitative estimate of drug-likeness (QED) is 0.915. The van der Waals surface area contributed by atoms with Crippen molar-refractivity contribution in [1.29, 1.82) is 0 Å². The third-order valence-electron chi connectivity index (χ3n) is 3.25. The molecule has 0 unspecified atom stereocenters. The van der Waals surface area contributed by atoms with Gasteiger partial charge in [0.05, 0.1) is 0 Å². The number of ether oxygens (including phenoxy) is 3. The van der Waals surface area contributed by atoms with E-state index < -0.39 is 0 Å². The van der Waals surface area contributed by atoms with Crippen LogP contribution >= 0.6 is 0 Å². The Kier molecular flexibility index (Phi) is 3.92. The van der Waals surface area contributed by atoms with Crippen molar-refractivity contribution in [3.05, 3.63) is 47.3 Å². The van der Waals surface area contributed by atoms with Gasteiger partial charge in [-0.3, -0.25) is 4.98 Å². The standard InChI is InChI=1S/C16H18N2O3/c1-11-3-12(7-18-6-11)9-19-14-5-16-15(20-10-21-16)4-13(14)8-17-2/h3-7,17H,8-10H2,1-2H3. The normalized spacial score (nSPS) is 12.5. The third kappa shape index (κ3) is 3.08. The molecule has 0 saturated carbocycles. The van der Waals surface area contributed by atoms with Gasteiger partial charge >= 0.3 is 0 Å². The molecule has 0 bridgehead atoms. The number of pyridine rings is 1. The van der Waals surface area contributed by atoms with Crippen molar-refractivity contribution >= 4 is 0 Å². The monoisotopic (exact) mass is 286 g/mol. The van der Waals surface area contributed by atoms with E-state index in [0.717, 1.165) is 33.9 Å². The van der Waals surface area contributed by atoms with Crippen LogP contribution in [0.3, 0.4) is 0 Å². The van der Waals surface area contributed by atoms with Crippen molar-refractivity contribution in [2.75, 3.05) is 13.8 Å². The predicted molar refractivity (Wildman–Crippen MR) is 78.6 cm³/mol. The number of nitrogens with one attached hydrogen (secondary N) is 1. The van der Waals surface area contributed by atoms with Crippen LogP contribution in [0, 0.1) is 6.92 Å². The van der Waals surface area contributed by atoms with Crippen LogP contribution in [0.15, 0.2) is 30.6 Å². The Labute approximate surface area is 123 Å². The Hall–Kier alpha value is -2.27. The van der Waals surface area contributed by atoms with Crippen molar-refractivity contribution in [3.63, 3.8) is 0 Å². The number of hydrogen-bond donors (Lipinski definition) is 1. The van der Waals surface area contributed by atoms with Crippen LogP contribution in [0.1, 0.15) is 16.7 Å². The summed E-state index contributed by atoms with van der Waals surface area (Å²) in [6.45, 7) is 3.46. The Morgan fingerprint density at radius 2 is 2.00 bits per heavy atom. The van der Waals surface area contributed by atoms with E-state index in [4.69, 9.17) is 14.2 Å². The summed E-state index contributed by atoms with van der Waals surface area (Å²) < 4.78 is 16.8. The first kappa shape index (κ1) is 13.7. The van der Waals surface area contributed by atoms with Gasteiger partial charge in [-0.2, -0.15) is 0 Å². The maximum absolute atomic E-state index is 5.94. The molecule has 5 heteroatoms. The minimum Gasteiger partial charge on any atom is -0.488 e. The molecule has 0 aliphatic carbocycles. The van der Waals surface area contributed by atoms with Crippen molar-refractivity contribution < 1.29 is 14.2 Å². The first-order valence-corrected chi connectivity index (χ1v) is 6.86. The van der Waals surface area contributed by atoms with E-state index >= 15 is 0 Å². The minimum absolute atomic E-state index is 0.263. The summed E-state index contributed by atoms with van der Waals surface area (Å²) in [5.41, 5.74) is 3.21. The van der Waals surface area contributed by atoms with E-state index in [2.05, 4.69) is 16.4 Å². The molecular formula is C16H18N2O3. The van der Waals surface area contributed by atoms with Gasteiger partial charge in [-0.05, 0) is 31.7 Å². The Balaban J connectivity index is 1.80. The SMILES string of the molecule is CNCc1cc2c(cc1OCc1cncc(C)c1)OCO2. The Morgan fingerprint density at radius 1 is 1.19 bits per heavy atom. The summed E-state index contributed by atoms with van der Waals surface area (Å²) in [6.07, 6.45) is 3.65. The number of aromatic nitrogens is 1. The van der Waals surface area contributed by atoms with Gasteiger partial charge in [0.2, 0.25) is 6.79 Å². The van der Waals surface area contributed by atoms with Crippen LogP contribution in [0.5, 0.6) is 17.2 Å². The number of aryl methyl sites for hydroxylation is 1. The molecule has 0 spiro atoms. The van der Waals surface area contributed by atoms with E-state index in [1.807, 2.05) is 38.5 Å². The lowest BCUT2D eigenvalue weighted by Gasteiger charge is -2.12. The molecule has 3 rings (SSSR count). The Bertz CT molecular complexity index is 643. The van der Waals surface area contributed by atoms with Crippen LogP contribution < -0.4 is 19.5 Å². The highest BCUT2D eigenvalue weighted by Crippen LogP contribution is 2.38. The van der Waals surface area contributed by atoms with E-state index in [0.29, 0.717) is 13.2 Å². The second-order valence-electron chi connectivity index (χ2n) is 5.00. The average molecular weight is 286 g/mol. The summed E-state index contributed by atoms with van der Waals surface area (Å²) in [7, 11) is 1.90.